The minimum absolute atomic E-state index is 0.0567. The molecule has 0 aliphatic carbocycles. The number of rotatable bonds is 14. The van der Waals surface area contributed by atoms with Crippen molar-refractivity contribution in [3.63, 3.8) is 0 Å². The molecule has 0 aliphatic heterocycles. The maximum absolute atomic E-state index is 12.1. The zero-order valence-electron chi connectivity index (χ0n) is 20.7. The van der Waals surface area contributed by atoms with Crippen molar-refractivity contribution >= 4 is 37.5 Å². The van der Waals surface area contributed by atoms with Crippen LogP contribution in [0.4, 0.5) is 5.82 Å². The number of fused-ring (bicyclic) bond motifs is 1. The summed E-state index contributed by atoms with van der Waals surface area (Å²) in [7, 11) is -1.94. The lowest BCUT2D eigenvalue weighted by Crippen LogP contribution is -2.14. The normalized spacial score (nSPS) is 11.6. The molecule has 0 spiro atoms. The van der Waals surface area contributed by atoms with Gasteiger partial charge in [0.15, 0.2) is 0 Å². The Morgan fingerprint density at radius 2 is 1.62 bits per heavy atom. The fourth-order valence-corrected chi connectivity index (χ4v) is 5.18. The summed E-state index contributed by atoms with van der Waals surface area (Å²) >= 11 is 1.59. The van der Waals surface area contributed by atoms with Gasteiger partial charge < -0.3 is 19.5 Å². The van der Waals surface area contributed by atoms with Crippen molar-refractivity contribution in [1.29, 1.82) is 0 Å². The van der Waals surface area contributed by atoms with Crippen molar-refractivity contribution in [1.82, 2.24) is 9.97 Å². The number of aromatic nitrogens is 2. The number of nitrogens with one attached hydrogen (secondary N) is 1. The lowest BCUT2D eigenvalue weighted by atomic mass is 10.2. The van der Waals surface area contributed by atoms with Gasteiger partial charge >= 0.3 is 0 Å². The van der Waals surface area contributed by atoms with Crippen LogP contribution in [0.2, 0.25) is 0 Å². The van der Waals surface area contributed by atoms with Crippen LogP contribution in [0.15, 0.2) is 65.7 Å². The molecule has 1 N–H and O–H groups in total. The highest BCUT2D eigenvalue weighted by atomic mass is 32.2. The third kappa shape index (κ3) is 7.70. The Balaban J connectivity index is 1.11. The predicted molar refractivity (Wildman–Crippen MR) is 144 cm³/mol. The van der Waals surface area contributed by atoms with E-state index in [0.717, 1.165) is 37.9 Å². The average Bonchev–Trinajstić information content (AvgIpc) is 3.33. The van der Waals surface area contributed by atoms with E-state index in [9.17, 15) is 8.42 Å². The molecule has 4 rings (SSSR count). The summed E-state index contributed by atoms with van der Waals surface area (Å²) in [5.74, 6) is 1.56. The molecular weight excluding hydrogens is 514 g/mol. The number of pyridine rings is 1. The number of anilines is 1. The molecule has 11 heteroatoms. The third-order valence-corrected chi connectivity index (χ3v) is 7.66. The van der Waals surface area contributed by atoms with Crippen LogP contribution in [-0.4, -0.2) is 65.1 Å². The number of aryl methyl sites for hydroxylation is 1. The van der Waals surface area contributed by atoms with Gasteiger partial charge in [0.25, 0.3) is 10.1 Å². The summed E-state index contributed by atoms with van der Waals surface area (Å²) < 4.78 is 46.9. The summed E-state index contributed by atoms with van der Waals surface area (Å²) in [5.41, 5.74) is 2.86. The monoisotopic (exact) mass is 543 g/mol. The molecule has 0 saturated heterocycles. The van der Waals surface area contributed by atoms with Crippen LogP contribution in [0.25, 0.3) is 20.8 Å². The molecule has 4 aromatic rings. The maximum Gasteiger partial charge on any atom is 0.297 e. The van der Waals surface area contributed by atoms with Gasteiger partial charge in [0, 0.05) is 18.8 Å². The molecule has 2 heterocycles. The highest BCUT2D eigenvalue weighted by molar-refractivity contribution is 7.86. The summed E-state index contributed by atoms with van der Waals surface area (Å²) in [6.07, 6.45) is 1.81. The van der Waals surface area contributed by atoms with Crippen LogP contribution in [-0.2, 0) is 23.8 Å². The molecule has 0 fully saturated rings. The van der Waals surface area contributed by atoms with Gasteiger partial charge in [-0.05, 0) is 49.4 Å². The summed E-state index contributed by atoms with van der Waals surface area (Å²) in [5, 5.41) is 3.91. The zero-order valence-corrected chi connectivity index (χ0v) is 22.3. The molecule has 0 amide bonds. The van der Waals surface area contributed by atoms with Crippen molar-refractivity contribution in [2.45, 2.75) is 11.8 Å². The SMILES string of the molecule is CNc1ccc(-c2nc3ccc(OCCOCCOCCOS(=O)(=O)c4ccc(C)cc4)cc3s2)cn1. The van der Waals surface area contributed by atoms with Gasteiger partial charge in [-0.1, -0.05) is 17.7 Å². The van der Waals surface area contributed by atoms with Gasteiger partial charge in [0.1, 0.15) is 23.2 Å². The standard InChI is InChI=1S/C26H29N3O6S2/c1-19-3-7-22(8-4-19)37(30,31)35-16-14-33-12-11-32-13-15-34-21-6-9-23-24(17-21)36-26(29-23)20-5-10-25(27-2)28-18-20/h3-10,17-18H,11-16H2,1-2H3,(H,27,28). The van der Waals surface area contributed by atoms with Crippen molar-refractivity contribution < 1.29 is 26.8 Å². The summed E-state index contributed by atoms with van der Waals surface area (Å²) in [6.45, 7) is 3.47. The Labute approximate surface area is 220 Å². The number of thiazole rings is 1. The molecular formula is C26H29N3O6S2. The predicted octanol–water partition coefficient (Wildman–Crippen LogP) is 4.53. The lowest BCUT2D eigenvalue weighted by Gasteiger charge is -2.08. The van der Waals surface area contributed by atoms with Crippen LogP contribution in [0.3, 0.4) is 0 Å². The van der Waals surface area contributed by atoms with Gasteiger partial charge in [0.2, 0.25) is 0 Å². The van der Waals surface area contributed by atoms with Gasteiger partial charge in [0.05, 0.1) is 48.1 Å². The van der Waals surface area contributed by atoms with Crippen LogP contribution in [0.5, 0.6) is 5.75 Å². The number of hydrogen-bond donors (Lipinski definition) is 1. The summed E-state index contributed by atoms with van der Waals surface area (Å²) in [4.78, 5) is 9.17. The topological polar surface area (TPSA) is 109 Å². The van der Waals surface area contributed by atoms with Gasteiger partial charge in [-0.15, -0.1) is 11.3 Å². The van der Waals surface area contributed by atoms with Crippen molar-refractivity contribution in [2.75, 3.05) is 52.0 Å². The van der Waals surface area contributed by atoms with E-state index in [1.165, 1.54) is 12.1 Å². The molecule has 0 unspecified atom stereocenters. The maximum atomic E-state index is 12.1. The molecule has 0 bridgehead atoms. The first-order chi connectivity index (χ1) is 17.9. The average molecular weight is 544 g/mol. The lowest BCUT2D eigenvalue weighted by molar-refractivity contribution is 0.0279. The van der Waals surface area contributed by atoms with Crippen LogP contribution < -0.4 is 10.1 Å². The number of hydrogen-bond acceptors (Lipinski definition) is 10. The Hall–Kier alpha value is -3.09. The van der Waals surface area contributed by atoms with Gasteiger partial charge in [-0.2, -0.15) is 8.42 Å². The fourth-order valence-electron chi connectivity index (χ4n) is 3.30. The largest absolute Gasteiger partial charge is 0.491 e. The van der Waals surface area contributed by atoms with Crippen molar-refractivity contribution in [3.8, 4) is 16.3 Å². The van der Waals surface area contributed by atoms with Crippen LogP contribution in [0.1, 0.15) is 5.56 Å². The quantitative estimate of drug-likeness (QED) is 0.181. The van der Waals surface area contributed by atoms with Gasteiger partial charge in [-0.25, -0.2) is 9.97 Å². The number of nitrogens with zero attached hydrogens (tertiary/aromatic N) is 2. The Morgan fingerprint density at radius 3 is 2.32 bits per heavy atom. The minimum Gasteiger partial charge on any atom is -0.491 e. The third-order valence-electron chi connectivity index (χ3n) is 5.27. The Morgan fingerprint density at radius 1 is 0.892 bits per heavy atom. The first-order valence-corrected chi connectivity index (χ1v) is 14.0. The molecule has 2 aromatic heterocycles. The molecule has 0 aliphatic rings. The van der Waals surface area contributed by atoms with E-state index in [-0.39, 0.29) is 18.1 Å². The molecule has 37 heavy (non-hydrogen) atoms. The molecule has 0 atom stereocenters. The van der Waals surface area contributed by atoms with E-state index in [0.29, 0.717) is 26.4 Å². The van der Waals surface area contributed by atoms with E-state index in [1.807, 2.05) is 50.5 Å². The van der Waals surface area contributed by atoms with E-state index in [1.54, 1.807) is 23.5 Å². The number of ether oxygens (including phenoxy) is 3. The van der Waals surface area contributed by atoms with E-state index in [2.05, 4.69) is 15.3 Å². The molecule has 196 valence electrons. The molecule has 0 saturated carbocycles. The Kier molecular flexibility index (Phi) is 9.42. The van der Waals surface area contributed by atoms with Crippen LogP contribution in [0, 0.1) is 6.92 Å². The van der Waals surface area contributed by atoms with E-state index >= 15 is 0 Å². The highest BCUT2D eigenvalue weighted by Gasteiger charge is 2.14. The second-order valence-electron chi connectivity index (χ2n) is 7.99. The first-order valence-electron chi connectivity index (χ1n) is 11.7. The summed E-state index contributed by atoms with van der Waals surface area (Å²) in [6, 6.07) is 16.2. The Bertz CT molecular complexity index is 1390. The molecule has 9 nitrogen and oxygen atoms in total. The molecule has 2 aromatic carbocycles. The second kappa shape index (κ2) is 12.9. The zero-order chi connectivity index (χ0) is 26.1. The van der Waals surface area contributed by atoms with Crippen molar-refractivity contribution in [3.05, 3.63) is 66.4 Å². The first kappa shape index (κ1) is 27.0. The number of benzene rings is 2. The second-order valence-corrected chi connectivity index (χ2v) is 10.6. The van der Waals surface area contributed by atoms with Gasteiger partial charge in [-0.3, -0.25) is 4.18 Å². The molecule has 0 radical (unpaired) electrons. The smallest absolute Gasteiger partial charge is 0.297 e. The van der Waals surface area contributed by atoms with E-state index < -0.39 is 10.1 Å². The minimum atomic E-state index is -3.77. The van der Waals surface area contributed by atoms with E-state index in [4.69, 9.17) is 18.4 Å². The van der Waals surface area contributed by atoms with Crippen molar-refractivity contribution in [2.24, 2.45) is 0 Å². The highest BCUT2D eigenvalue weighted by Crippen LogP contribution is 2.32. The fraction of sp³-hybridized carbons (Fsp3) is 0.308. The van der Waals surface area contributed by atoms with Crippen LogP contribution >= 0.6 is 11.3 Å².